The number of halogens is 3. The molecule has 2 amide bonds. The first kappa shape index (κ1) is 18.5. The molecule has 0 radical (unpaired) electrons. The van der Waals surface area contributed by atoms with Crippen LogP contribution in [0.25, 0.3) is 0 Å². The Morgan fingerprint density at radius 1 is 0.793 bits per heavy atom. The molecule has 3 aromatic carbocycles. The number of anilines is 2. The summed E-state index contributed by atoms with van der Waals surface area (Å²) >= 11 is 0. The number of benzene rings is 3. The number of amides is 2. The van der Waals surface area contributed by atoms with Gasteiger partial charge in [0.25, 0.3) is 11.8 Å². The minimum absolute atomic E-state index is 0.0108. The van der Waals surface area contributed by atoms with Gasteiger partial charge in [-0.15, -0.1) is 0 Å². The average molecular weight is 398 g/mol. The SMILES string of the molecule is Nc1ccc(Oc2ccc3c(c2)C(=O)N(c2ccccc2C(F)(F)F)C3=O)cc1. The topological polar surface area (TPSA) is 72.6 Å². The lowest BCUT2D eigenvalue weighted by molar-refractivity contribution is -0.137. The summed E-state index contributed by atoms with van der Waals surface area (Å²) in [5, 5.41) is 0. The van der Waals surface area contributed by atoms with Crippen LogP contribution in [0.2, 0.25) is 0 Å². The molecule has 0 atom stereocenters. The van der Waals surface area contributed by atoms with Gasteiger partial charge in [0.15, 0.2) is 0 Å². The summed E-state index contributed by atoms with van der Waals surface area (Å²) in [5.74, 6) is -0.944. The molecule has 146 valence electrons. The molecule has 0 saturated carbocycles. The molecule has 0 aliphatic carbocycles. The van der Waals surface area contributed by atoms with Crippen LogP contribution in [0.5, 0.6) is 11.5 Å². The van der Waals surface area contributed by atoms with E-state index in [2.05, 4.69) is 0 Å². The second kappa shape index (κ2) is 6.66. The maximum Gasteiger partial charge on any atom is 0.418 e. The van der Waals surface area contributed by atoms with Crippen molar-refractivity contribution in [2.75, 3.05) is 10.6 Å². The van der Waals surface area contributed by atoms with Crippen molar-refractivity contribution in [3.05, 3.63) is 83.4 Å². The fraction of sp³-hybridized carbons (Fsp3) is 0.0476. The van der Waals surface area contributed by atoms with Crippen molar-refractivity contribution in [2.24, 2.45) is 0 Å². The Bertz CT molecular complexity index is 1120. The number of nitrogen functional groups attached to an aromatic ring is 1. The first-order chi connectivity index (χ1) is 13.8. The maximum atomic E-state index is 13.3. The van der Waals surface area contributed by atoms with Crippen LogP contribution in [0.3, 0.4) is 0 Å². The molecule has 1 aliphatic rings. The first-order valence-electron chi connectivity index (χ1n) is 8.48. The molecular formula is C21H13F3N2O3. The van der Waals surface area contributed by atoms with E-state index in [0.29, 0.717) is 16.3 Å². The van der Waals surface area contributed by atoms with E-state index in [9.17, 15) is 22.8 Å². The molecular weight excluding hydrogens is 385 g/mol. The van der Waals surface area contributed by atoms with E-state index in [1.165, 1.54) is 30.3 Å². The predicted molar refractivity (Wildman–Crippen MR) is 100.0 cm³/mol. The van der Waals surface area contributed by atoms with Crippen LogP contribution in [-0.4, -0.2) is 11.8 Å². The quantitative estimate of drug-likeness (QED) is 0.504. The highest BCUT2D eigenvalue weighted by molar-refractivity contribution is 6.34. The molecule has 3 aromatic rings. The number of para-hydroxylation sites is 1. The predicted octanol–water partition coefficient (Wildman–Crippen LogP) is 4.88. The van der Waals surface area contributed by atoms with Crippen molar-refractivity contribution in [1.82, 2.24) is 0 Å². The lowest BCUT2D eigenvalue weighted by Gasteiger charge is -2.19. The van der Waals surface area contributed by atoms with Gasteiger partial charge in [0.2, 0.25) is 0 Å². The van der Waals surface area contributed by atoms with E-state index in [-0.39, 0.29) is 16.9 Å². The number of nitrogens with zero attached hydrogens (tertiary/aromatic N) is 1. The van der Waals surface area contributed by atoms with Crippen molar-refractivity contribution in [2.45, 2.75) is 6.18 Å². The maximum absolute atomic E-state index is 13.3. The van der Waals surface area contributed by atoms with Crippen molar-refractivity contribution in [3.63, 3.8) is 0 Å². The summed E-state index contributed by atoms with van der Waals surface area (Å²) in [6.45, 7) is 0. The van der Waals surface area contributed by atoms with Crippen molar-refractivity contribution in [1.29, 1.82) is 0 Å². The molecule has 0 aromatic heterocycles. The Hall–Kier alpha value is -3.81. The smallest absolute Gasteiger partial charge is 0.418 e. The monoisotopic (exact) mass is 398 g/mol. The third-order valence-corrected chi connectivity index (χ3v) is 4.42. The van der Waals surface area contributed by atoms with Gasteiger partial charge in [0.1, 0.15) is 11.5 Å². The number of carbonyl (C=O) groups is 2. The Labute approximate surface area is 163 Å². The van der Waals surface area contributed by atoms with E-state index in [1.54, 1.807) is 24.3 Å². The Morgan fingerprint density at radius 2 is 1.41 bits per heavy atom. The van der Waals surface area contributed by atoms with E-state index < -0.39 is 29.2 Å². The number of imide groups is 1. The summed E-state index contributed by atoms with van der Waals surface area (Å²) in [7, 11) is 0. The molecule has 1 heterocycles. The molecule has 0 saturated heterocycles. The molecule has 1 aliphatic heterocycles. The molecule has 4 rings (SSSR count). The Kier molecular flexibility index (Phi) is 4.26. The molecule has 2 N–H and O–H groups in total. The fourth-order valence-corrected chi connectivity index (χ4v) is 3.08. The van der Waals surface area contributed by atoms with Gasteiger partial charge >= 0.3 is 6.18 Å². The lowest BCUT2D eigenvalue weighted by atomic mass is 10.1. The Morgan fingerprint density at radius 3 is 2.10 bits per heavy atom. The first-order valence-corrected chi connectivity index (χ1v) is 8.48. The third-order valence-electron chi connectivity index (χ3n) is 4.42. The highest BCUT2D eigenvalue weighted by Crippen LogP contribution is 2.40. The molecule has 0 bridgehead atoms. The number of nitrogens with two attached hydrogens (primary N) is 1. The van der Waals surface area contributed by atoms with Gasteiger partial charge in [-0.25, -0.2) is 4.90 Å². The summed E-state index contributed by atoms with van der Waals surface area (Å²) in [5.41, 5.74) is 4.58. The zero-order valence-corrected chi connectivity index (χ0v) is 14.7. The summed E-state index contributed by atoms with van der Waals surface area (Å²) in [4.78, 5) is 26.0. The van der Waals surface area contributed by atoms with Crippen molar-refractivity contribution >= 4 is 23.2 Å². The van der Waals surface area contributed by atoms with Gasteiger partial charge in [-0.2, -0.15) is 13.2 Å². The molecule has 29 heavy (non-hydrogen) atoms. The number of hydrogen-bond acceptors (Lipinski definition) is 4. The average Bonchev–Trinajstić information content (AvgIpc) is 2.93. The minimum atomic E-state index is -4.71. The van der Waals surface area contributed by atoms with Crippen LogP contribution >= 0.6 is 0 Å². The van der Waals surface area contributed by atoms with Crippen LogP contribution in [0.4, 0.5) is 24.5 Å². The van der Waals surface area contributed by atoms with Gasteiger partial charge in [-0.3, -0.25) is 9.59 Å². The van der Waals surface area contributed by atoms with Gasteiger partial charge in [-0.1, -0.05) is 12.1 Å². The Balaban J connectivity index is 1.70. The normalized spacial score (nSPS) is 13.6. The van der Waals surface area contributed by atoms with E-state index in [1.807, 2.05) is 0 Å². The number of alkyl halides is 3. The van der Waals surface area contributed by atoms with Crippen LogP contribution < -0.4 is 15.4 Å². The molecule has 5 nitrogen and oxygen atoms in total. The third kappa shape index (κ3) is 3.29. The number of rotatable bonds is 3. The fourth-order valence-electron chi connectivity index (χ4n) is 3.08. The summed E-state index contributed by atoms with van der Waals surface area (Å²) in [6, 6.07) is 15.1. The number of ether oxygens (including phenoxy) is 1. The molecule has 0 fully saturated rings. The van der Waals surface area contributed by atoms with Gasteiger partial charge in [0, 0.05) is 5.69 Å². The number of carbonyl (C=O) groups excluding carboxylic acids is 2. The van der Waals surface area contributed by atoms with Gasteiger partial charge in [-0.05, 0) is 54.6 Å². The largest absolute Gasteiger partial charge is 0.457 e. The summed E-state index contributed by atoms with van der Waals surface area (Å²) in [6.07, 6.45) is -4.71. The highest BCUT2D eigenvalue weighted by Gasteiger charge is 2.42. The zero-order valence-electron chi connectivity index (χ0n) is 14.7. The molecule has 0 spiro atoms. The van der Waals surface area contributed by atoms with Crippen molar-refractivity contribution < 1.29 is 27.5 Å². The van der Waals surface area contributed by atoms with Crippen LogP contribution in [0, 0.1) is 0 Å². The van der Waals surface area contributed by atoms with Crippen LogP contribution in [-0.2, 0) is 6.18 Å². The molecule has 0 unspecified atom stereocenters. The lowest BCUT2D eigenvalue weighted by Crippen LogP contribution is -2.31. The van der Waals surface area contributed by atoms with Crippen LogP contribution in [0.1, 0.15) is 26.3 Å². The van der Waals surface area contributed by atoms with Crippen LogP contribution in [0.15, 0.2) is 66.7 Å². The minimum Gasteiger partial charge on any atom is -0.457 e. The standard InChI is InChI=1S/C21H13F3N2O3/c22-21(23,24)17-3-1-2-4-18(17)26-19(27)15-10-9-14(11-16(15)20(26)28)29-13-7-5-12(25)6-8-13/h1-11H,25H2. The second-order valence-electron chi connectivity index (χ2n) is 6.34. The van der Waals surface area contributed by atoms with E-state index in [4.69, 9.17) is 10.5 Å². The number of fused-ring (bicyclic) bond motifs is 1. The zero-order chi connectivity index (χ0) is 20.8. The van der Waals surface area contributed by atoms with Gasteiger partial charge in [0.05, 0.1) is 22.4 Å². The van der Waals surface area contributed by atoms with E-state index >= 15 is 0 Å². The highest BCUT2D eigenvalue weighted by atomic mass is 19.4. The number of hydrogen-bond donors (Lipinski definition) is 1. The van der Waals surface area contributed by atoms with Crippen molar-refractivity contribution in [3.8, 4) is 11.5 Å². The van der Waals surface area contributed by atoms with Gasteiger partial charge < -0.3 is 10.5 Å². The van der Waals surface area contributed by atoms with E-state index in [0.717, 1.165) is 12.1 Å². The molecule has 8 heteroatoms. The summed E-state index contributed by atoms with van der Waals surface area (Å²) < 4.78 is 45.7. The second-order valence-corrected chi connectivity index (χ2v) is 6.34.